The molecule has 3 aromatic rings. The number of carbonyl (C=O) groups is 1. The van der Waals surface area contributed by atoms with Gasteiger partial charge in [-0.05, 0) is 31.2 Å². The maximum absolute atomic E-state index is 12.0. The minimum atomic E-state index is -0.489. The number of aromatic nitrogens is 2. The van der Waals surface area contributed by atoms with Crippen molar-refractivity contribution in [3.05, 3.63) is 69.5 Å². The molecule has 2 N–H and O–H groups in total. The predicted octanol–water partition coefficient (Wildman–Crippen LogP) is 2.54. The highest BCUT2D eigenvalue weighted by Gasteiger charge is 2.13. The molecule has 0 fully saturated rings. The molecule has 0 radical (unpaired) electrons. The lowest BCUT2D eigenvalue weighted by molar-refractivity contribution is -0.385. The summed E-state index contributed by atoms with van der Waals surface area (Å²) in [5, 5.41) is 14.6. The van der Waals surface area contributed by atoms with E-state index in [4.69, 9.17) is 0 Å². The number of aromatic amines is 1. The highest BCUT2D eigenvalue weighted by atomic mass is 16.6. The fourth-order valence-corrected chi connectivity index (χ4v) is 2.25. The molecule has 0 bridgehead atoms. The summed E-state index contributed by atoms with van der Waals surface area (Å²) in [4.78, 5) is 29.7. The lowest BCUT2D eigenvalue weighted by Gasteiger charge is -2.01. The first-order valence-corrected chi connectivity index (χ1v) is 7.08. The third kappa shape index (κ3) is 3.12. The van der Waals surface area contributed by atoms with Crippen LogP contribution in [0.5, 0.6) is 0 Å². The number of rotatable bonds is 4. The number of amides is 1. The molecule has 1 heterocycles. The zero-order chi connectivity index (χ0) is 17.1. The number of hydrogen-bond acceptors (Lipinski definition) is 5. The van der Waals surface area contributed by atoms with E-state index >= 15 is 0 Å². The third-order valence-electron chi connectivity index (χ3n) is 3.42. The molecule has 120 valence electrons. The molecule has 0 unspecified atom stereocenters. The van der Waals surface area contributed by atoms with E-state index in [1.165, 1.54) is 24.4 Å². The van der Waals surface area contributed by atoms with E-state index in [1.54, 1.807) is 6.92 Å². The largest absolute Gasteiger partial charge is 0.337 e. The zero-order valence-corrected chi connectivity index (χ0v) is 12.7. The number of nitro groups is 1. The summed E-state index contributed by atoms with van der Waals surface area (Å²) in [6.45, 7) is 1.58. The van der Waals surface area contributed by atoms with Crippen molar-refractivity contribution in [2.75, 3.05) is 0 Å². The first-order valence-electron chi connectivity index (χ1n) is 7.08. The van der Waals surface area contributed by atoms with Gasteiger partial charge in [-0.25, -0.2) is 10.4 Å². The molecule has 24 heavy (non-hydrogen) atoms. The van der Waals surface area contributed by atoms with Crippen molar-refractivity contribution in [3.8, 4) is 0 Å². The minimum Gasteiger partial charge on any atom is -0.337 e. The number of aryl methyl sites for hydroxylation is 1. The van der Waals surface area contributed by atoms with E-state index in [0.29, 0.717) is 17.0 Å². The SMILES string of the molecule is Cc1cc(C(=O)NN=Cc2nc3ccccc3[nH]2)ccc1[N+](=O)[O-]. The van der Waals surface area contributed by atoms with Gasteiger partial charge in [0.1, 0.15) is 0 Å². The summed E-state index contributed by atoms with van der Waals surface area (Å²) in [5.41, 5.74) is 4.71. The van der Waals surface area contributed by atoms with Gasteiger partial charge in [0.2, 0.25) is 0 Å². The minimum absolute atomic E-state index is 0.0303. The van der Waals surface area contributed by atoms with Crippen molar-refractivity contribution < 1.29 is 9.72 Å². The van der Waals surface area contributed by atoms with E-state index in [2.05, 4.69) is 20.5 Å². The van der Waals surface area contributed by atoms with Crippen LogP contribution in [0.4, 0.5) is 5.69 Å². The number of imidazole rings is 1. The van der Waals surface area contributed by atoms with Crippen LogP contribution in [-0.4, -0.2) is 27.0 Å². The van der Waals surface area contributed by atoms with Crippen LogP contribution in [0, 0.1) is 17.0 Å². The Morgan fingerprint density at radius 3 is 2.83 bits per heavy atom. The van der Waals surface area contributed by atoms with E-state index in [1.807, 2.05) is 24.3 Å². The number of benzene rings is 2. The van der Waals surface area contributed by atoms with Crippen LogP contribution in [0.25, 0.3) is 11.0 Å². The molecule has 1 aromatic heterocycles. The summed E-state index contributed by atoms with van der Waals surface area (Å²) in [5.74, 6) is 0.0525. The van der Waals surface area contributed by atoms with Gasteiger partial charge in [-0.2, -0.15) is 5.10 Å². The maximum Gasteiger partial charge on any atom is 0.272 e. The lowest BCUT2D eigenvalue weighted by Crippen LogP contribution is -2.18. The summed E-state index contributed by atoms with van der Waals surface area (Å²) in [6.07, 6.45) is 1.40. The van der Waals surface area contributed by atoms with Gasteiger partial charge in [-0.15, -0.1) is 0 Å². The summed E-state index contributed by atoms with van der Waals surface area (Å²) < 4.78 is 0. The summed E-state index contributed by atoms with van der Waals surface area (Å²) in [7, 11) is 0. The number of nitro benzene ring substituents is 1. The molecule has 0 aliphatic carbocycles. The number of hydrazone groups is 1. The number of nitrogens with one attached hydrogen (secondary N) is 2. The van der Waals surface area contributed by atoms with E-state index in [0.717, 1.165) is 11.0 Å². The number of carbonyl (C=O) groups excluding carboxylic acids is 1. The molecule has 0 spiro atoms. The predicted molar refractivity (Wildman–Crippen MR) is 89.0 cm³/mol. The fraction of sp³-hybridized carbons (Fsp3) is 0.0625. The monoisotopic (exact) mass is 323 g/mol. The van der Waals surface area contributed by atoms with Crippen LogP contribution in [0.3, 0.4) is 0 Å². The van der Waals surface area contributed by atoms with Crippen LogP contribution < -0.4 is 5.43 Å². The van der Waals surface area contributed by atoms with Crippen molar-refractivity contribution in [2.24, 2.45) is 5.10 Å². The summed E-state index contributed by atoms with van der Waals surface area (Å²) >= 11 is 0. The Balaban J connectivity index is 1.70. The second kappa shape index (κ2) is 6.29. The Hall–Kier alpha value is -3.55. The Bertz CT molecular complexity index is 928. The molecule has 2 aromatic carbocycles. The number of fused-ring (bicyclic) bond motifs is 1. The Morgan fingerprint density at radius 2 is 2.12 bits per heavy atom. The fourth-order valence-electron chi connectivity index (χ4n) is 2.25. The molecule has 0 saturated heterocycles. The maximum atomic E-state index is 12.0. The first-order chi connectivity index (χ1) is 11.5. The van der Waals surface area contributed by atoms with Gasteiger partial charge in [-0.3, -0.25) is 14.9 Å². The van der Waals surface area contributed by atoms with Crippen molar-refractivity contribution in [2.45, 2.75) is 6.92 Å². The average Bonchev–Trinajstić information content (AvgIpc) is 2.97. The van der Waals surface area contributed by atoms with Gasteiger partial charge in [0, 0.05) is 17.2 Å². The van der Waals surface area contributed by atoms with Crippen LogP contribution in [-0.2, 0) is 0 Å². The van der Waals surface area contributed by atoms with Gasteiger partial charge in [0.15, 0.2) is 5.82 Å². The van der Waals surface area contributed by atoms with Crippen LogP contribution in [0.2, 0.25) is 0 Å². The van der Waals surface area contributed by atoms with E-state index < -0.39 is 10.8 Å². The molecule has 0 atom stereocenters. The van der Waals surface area contributed by atoms with E-state index in [9.17, 15) is 14.9 Å². The normalized spacial score (nSPS) is 11.0. The Kier molecular flexibility index (Phi) is 4.02. The molecular formula is C16H13N5O3. The first kappa shape index (κ1) is 15.3. The van der Waals surface area contributed by atoms with Crippen molar-refractivity contribution in [3.63, 3.8) is 0 Å². The molecule has 8 nitrogen and oxygen atoms in total. The van der Waals surface area contributed by atoms with E-state index in [-0.39, 0.29) is 5.69 Å². The highest BCUT2D eigenvalue weighted by molar-refractivity contribution is 5.95. The molecule has 1 amide bonds. The number of hydrogen-bond donors (Lipinski definition) is 2. The average molecular weight is 323 g/mol. The Labute approximate surface area is 136 Å². The molecule has 0 saturated carbocycles. The van der Waals surface area contributed by atoms with Crippen LogP contribution >= 0.6 is 0 Å². The smallest absolute Gasteiger partial charge is 0.272 e. The third-order valence-corrected chi connectivity index (χ3v) is 3.42. The second-order valence-electron chi connectivity index (χ2n) is 5.10. The quantitative estimate of drug-likeness (QED) is 0.436. The number of H-pyrrole nitrogens is 1. The van der Waals surface area contributed by atoms with Crippen molar-refractivity contribution in [1.82, 2.24) is 15.4 Å². The van der Waals surface area contributed by atoms with Crippen LogP contribution in [0.15, 0.2) is 47.6 Å². The van der Waals surface area contributed by atoms with Gasteiger partial charge in [0.05, 0.1) is 22.2 Å². The number of nitrogens with zero attached hydrogens (tertiary/aromatic N) is 3. The molecule has 8 heteroatoms. The summed E-state index contributed by atoms with van der Waals surface area (Å²) in [6, 6.07) is 11.6. The topological polar surface area (TPSA) is 113 Å². The lowest BCUT2D eigenvalue weighted by atomic mass is 10.1. The molecule has 3 rings (SSSR count). The zero-order valence-electron chi connectivity index (χ0n) is 12.7. The van der Waals surface area contributed by atoms with Gasteiger partial charge < -0.3 is 4.98 Å². The number of para-hydroxylation sites is 2. The molecular weight excluding hydrogens is 310 g/mol. The van der Waals surface area contributed by atoms with Gasteiger partial charge >= 0.3 is 0 Å². The standard InChI is InChI=1S/C16H13N5O3/c1-10-8-11(6-7-14(10)21(23)24)16(22)20-17-9-15-18-12-4-2-3-5-13(12)19-15/h2-9H,1H3,(H,18,19)(H,20,22). The van der Waals surface area contributed by atoms with Crippen molar-refractivity contribution in [1.29, 1.82) is 0 Å². The van der Waals surface area contributed by atoms with Gasteiger partial charge in [0.25, 0.3) is 11.6 Å². The molecule has 0 aliphatic heterocycles. The second-order valence-corrected chi connectivity index (χ2v) is 5.10. The van der Waals surface area contributed by atoms with Gasteiger partial charge in [-0.1, -0.05) is 12.1 Å². The van der Waals surface area contributed by atoms with Crippen LogP contribution in [0.1, 0.15) is 21.7 Å². The van der Waals surface area contributed by atoms with Crippen molar-refractivity contribution >= 4 is 28.8 Å². The molecule has 0 aliphatic rings. The highest BCUT2D eigenvalue weighted by Crippen LogP contribution is 2.18. The Morgan fingerprint density at radius 1 is 1.33 bits per heavy atom.